The highest BCUT2D eigenvalue weighted by Crippen LogP contribution is 2.33. The molecule has 0 saturated heterocycles. The largest absolute Gasteiger partial charge is 0.461 e. The molecule has 0 aliphatic heterocycles. The Labute approximate surface area is 163 Å². The second-order valence-electron chi connectivity index (χ2n) is 6.63. The third kappa shape index (κ3) is 3.67. The first-order chi connectivity index (χ1) is 13.0. The lowest BCUT2D eigenvalue weighted by atomic mass is 9.99. The van der Waals surface area contributed by atoms with Crippen LogP contribution in [0.3, 0.4) is 0 Å². The van der Waals surface area contributed by atoms with Gasteiger partial charge in [0.05, 0.1) is 23.6 Å². The highest BCUT2D eigenvalue weighted by atomic mass is 35.5. The number of aryl methyl sites for hydroxylation is 1. The SMILES string of the molecule is CCCc1c(C(=O)OCC)nnc2c(-c3cccc(Cl)c3)c(C(C)C)nn12. The molecule has 3 aromatic rings. The van der Waals surface area contributed by atoms with Crippen LogP contribution < -0.4 is 0 Å². The lowest BCUT2D eigenvalue weighted by Gasteiger charge is -2.08. The van der Waals surface area contributed by atoms with Crippen LogP contribution in [-0.2, 0) is 11.2 Å². The molecule has 0 unspecified atom stereocenters. The summed E-state index contributed by atoms with van der Waals surface area (Å²) in [5, 5.41) is 14.0. The zero-order valence-electron chi connectivity index (χ0n) is 16.0. The summed E-state index contributed by atoms with van der Waals surface area (Å²) in [7, 11) is 0. The maximum Gasteiger partial charge on any atom is 0.360 e. The fourth-order valence-corrected chi connectivity index (χ4v) is 3.30. The van der Waals surface area contributed by atoms with Gasteiger partial charge in [-0.05, 0) is 37.0 Å². The molecule has 0 aliphatic carbocycles. The summed E-state index contributed by atoms with van der Waals surface area (Å²) in [4.78, 5) is 12.3. The second kappa shape index (κ2) is 8.05. The molecule has 0 radical (unpaired) electrons. The van der Waals surface area contributed by atoms with Gasteiger partial charge in [0.2, 0.25) is 0 Å². The van der Waals surface area contributed by atoms with Crippen molar-refractivity contribution in [3.05, 3.63) is 46.4 Å². The Kier molecular flexibility index (Phi) is 5.75. The number of halogens is 1. The van der Waals surface area contributed by atoms with Crippen LogP contribution in [0.25, 0.3) is 16.8 Å². The third-order valence-corrected chi connectivity index (χ3v) is 4.51. The zero-order chi connectivity index (χ0) is 19.6. The summed E-state index contributed by atoms with van der Waals surface area (Å²) in [5.74, 6) is -0.303. The molecule has 0 spiro atoms. The van der Waals surface area contributed by atoms with Crippen molar-refractivity contribution < 1.29 is 9.53 Å². The Morgan fingerprint density at radius 2 is 2.04 bits per heavy atom. The molecule has 0 amide bonds. The van der Waals surface area contributed by atoms with E-state index in [1.165, 1.54) is 0 Å². The molecule has 0 atom stereocenters. The predicted octanol–water partition coefficient (Wildman–Crippen LogP) is 4.70. The maximum absolute atomic E-state index is 12.3. The summed E-state index contributed by atoms with van der Waals surface area (Å²) in [6, 6.07) is 7.61. The van der Waals surface area contributed by atoms with Gasteiger partial charge in [-0.3, -0.25) is 0 Å². The van der Waals surface area contributed by atoms with Crippen LogP contribution in [0.15, 0.2) is 24.3 Å². The van der Waals surface area contributed by atoms with Crippen molar-refractivity contribution in [2.75, 3.05) is 6.61 Å². The maximum atomic E-state index is 12.3. The van der Waals surface area contributed by atoms with Gasteiger partial charge in [0.25, 0.3) is 0 Å². The standard InChI is InChI=1S/C20H23ClN4O2/c1-5-8-15-18(20(26)27-6-2)22-23-19-16(13-9-7-10-14(21)11-13)17(12(3)4)24-25(15)19/h7,9-12H,5-6,8H2,1-4H3. The number of esters is 1. The van der Waals surface area contributed by atoms with Crippen molar-refractivity contribution in [3.63, 3.8) is 0 Å². The minimum atomic E-state index is -0.471. The molecule has 2 heterocycles. The van der Waals surface area contributed by atoms with E-state index < -0.39 is 5.97 Å². The Hall–Kier alpha value is -2.47. The van der Waals surface area contributed by atoms with E-state index in [0.29, 0.717) is 17.1 Å². The number of hydrogen-bond acceptors (Lipinski definition) is 5. The fourth-order valence-electron chi connectivity index (χ4n) is 3.11. The molecule has 0 bridgehead atoms. The van der Waals surface area contributed by atoms with E-state index in [1.54, 1.807) is 11.4 Å². The number of rotatable bonds is 6. The van der Waals surface area contributed by atoms with Crippen LogP contribution in [-0.4, -0.2) is 32.4 Å². The molecule has 0 N–H and O–H groups in total. The number of carbonyl (C=O) groups excluding carboxylic acids is 1. The summed E-state index contributed by atoms with van der Waals surface area (Å²) in [6.07, 6.45) is 1.49. The van der Waals surface area contributed by atoms with E-state index in [9.17, 15) is 4.79 Å². The van der Waals surface area contributed by atoms with Crippen LogP contribution in [0.5, 0.6) is 0 Å². The Bertz CT molecular complexity index is 982. The van der Waals surface area contributed by atoms with E-state index in [2.05, 4.69) is 24.0 Å². The molecule has 27 heavy (non-hydrogen) atoms. The highest BCUT2D eigenvalue weighted by Gasteiger charge is 2.25. The molecular weight excluding hydrogens is 364 g/mol. The van der Waals surface area contributed by atoms with Crippen molar-refractivity contribution in [1.82, 2.24) is 19.8 Å². The number of fused-ring (bicyclic) bond motifs is 1. The first-order valence-electron chi connectivity index (χ1n) is 9.19. The van der Waals surface area contributed by atoms with Gasteiger partial charge in [-0.25, -0.2) is 9.31 Å². The Morgan fingerprint density at radius 3 is 2.67 bits per heavy atom. The minimum absolute atomic E-state index is 0.168. The number of aromatic nitrogens is 4. The summed E-state index contributed by atoms with van der Waals surface area (Å²) >= 11 is 6.20. The number of nitrogens with zero attached hydrogens (tertiary/aromatic N) is 4. The van der Waals surface area contributed by atoms with E-state index >= 15 is 0 Å². The van der Waals surface area contributed by atoms with Gasteiger partial charge >= 0.3 is 5.97 Å². The van der Waals surface area contributed by atoms with E-state index in [0.717, 1.165) is 28.9 Å². The number of ether oxygens (including phenoxy) is 1. The molecule has 6 nitrogen and oxygen atoms in total. The summed E-state index contributed by atoms with van der Waals surface area (Å²) in [6.45, 7) is 8.26. The normalized spacial score (nSPS) is 11.3. The van der Waals surface area contributed by atoms with Crippen LogP contribution in [0, 0.1) is 0 Å². The average molecular weight is 387 g/mol. The van der Waals surface area contributed by atoms with Gasteiger partial charge in [0, 0.05) is 5.02 Å². The topological polar surface area (TPSA) is 69.4 Å². The van der Waals surface area contributed by atoms with E-state index in [1.807, 2.05) is 31.2 Å². The molecule has 142 valence electrons. The predicted molar refractivity (Wildman–Crippen MR) is 105 cm³/mol. The first kappa shape index (κ1) is 19.3. The van der Waals surface area contributed by atoms with Crippen LogP contribution in [0.2, 0.25) is 5.02 Å². The van der Waals surface area contributed by atoms with Crippen molar-refractivity contribution in [2.45, 2.75) is 46.5 Å². The van der Waals surface area contributed by atoms with E-state index in [4.69, 9.17) is 21.4 Å². The molecular formula is C20H23ClN4O2. The van der Waals surface area contributed by atoms with Gasteiger partial charge < -0.3 is 4.74 Å². The molecule has 7 heteroatoms. The molecule has 3 rings (SSSR count). The first-order valence-corrected chi connectivity index (χ1v) is 9.56. The molecule has 0 aliphatic rings. The second-order valence-corrected chi connectivity index (χ2v) is 7.06. The average Bonchev–Trinajstić information content (AvgIpc) is 3.02. The van der Waals surface area contributed by atoms with Crippen molar-refractivity contribution >= 4 is 23.2 Å². The third-order valence-electron chi connectivity index (χ3n) is 4.28. The molecule has 1 aromatic carbocycles. The summed E-state index contributed by atoms with van der Waals surface area (Å²) in [5.41, 5.74) is 4.29. The monoisotopic (exact) mass is 386 g/mol. The Morgan fingerprint density at radius 1 is 1.26 bits per heavy atom. The lowest BCUT2D eigenvalue weighted by molar-refractivity contribution is 0.0515. The van der Waals surface area contributed by atoms with Crippen LogP contribution in [0.4, 0.5) is 0 Å². The number of hydrogen-bond donors (Lipinski definition) is 0. The lowest BCUT2D eigenvalue weighted by Crippen LogP contribution is -2.16. The number of benzene rings is 1. The van der Waals surface area contributed by atoms with Crippen LogP contribution >= 0.6 is 11.6 Å². The van der Waals surface area contributed by atoms with E-state index in [-0.39, 0.29) is 18.2 Å². The molecule has 2 aromatic heterocycles. The van der Waals surface area contributed by atoms with Crippen molar-refractivity contribution in [2.24, 2.45) is 0 Å². The van der Waals surface area contributed by atoms with Crippen LogP contribution in [0.1, 0.15) is 61.9 Å². The highest BCUT2D eigenvalue weighted by molar-refractivity contribution is 6.30. The Balaban J connectivity index is 2.32. The number of carbonyl (C=O) groups is 1. The molecule has 0 fully saturated rings. The van der Waals surface area contributed by atoms with Crippen molar-refractivity contribution in [1.29, 1.82) is 0 Å². The van der Waals surface area contributed by atoms with Gasteiger partial charge in [-0.15, -0.1) is 10.2 Å². The smallest absolute Gasteiger partial charge is 0.360 e. The van der Waals surface area contributed by atoms with Gasteiger partial charge in [0.1, 0.15) is 0 Å². The van der Waals surface area contributed by atoms with Gasteiger partial charge in [-0.1, -0.05) is 50.9 Å². The van der Waals surface area contributed by atoms with Gasteiger partial charge in [-0.2, -0.15) is 5.10 Å². The quantitative estimate of drug-likeness (QED) is 0.574. The fraction of sp³-hybridized carbons (Fsp3) is 0.400. The van der Waals surface area contributed by atoms with Gasteiger partial charge in [0.15, 0.2) is 11.3 Å². The zero-order valence-corrected chi connectivity index (χ0v) is 16.7. The van der Waals surface area contributed by atoms with Crippen molar-refractivity contribution in [3.8, 4) is 11.1 Å². The minimum Gasteiger partial charge on any atom is -0.461 e. The summed E-state index contributed by atoms with van der Waals surface area (Å²) < 4.78 is 6.89. The molecule has 0 saturated carbocycles.